The fourth-order valence-corrected chi connectivity index (χ4v) is 5.31. The Labute approximate surface area is 211 Å². The van der Waals surface area contributed by atoms with E-state index in [4.69, 9.17) is 4.18 Å². The predicted octanol–water partition coefficient (Wildman–Crippen LogP) is 3.98. The number of imide groups is 1. The lowest BCUT2D eigenvalue weighted by Crippen LogP contribution is -2.51. The Morgan fingerprint density at radius 2 is 1.86 bits per heavy atom. The Morgan fingerprint density at radius 1 is 1.11 bits per heavy atom. The summed E-state index contributed by atoms with van der Waals surface area (Å²) in [6, 6.07) is 14.0. The van der Waals surface area contributed by atoms with Gasteiger partial charge in [-0.25, -0.2) is 0 Å². The number of likely N-dealkylation sites (N-methyl/N-ethyl adjacent to an activating group) is 1. The van der Waals surface area contributed by atoms with Crippen LogP contribution in [0, 0.1) is 12.8 Å². The molecule has 2 aromatic carbocycles. The number of amides is 2. The van der Waals surface area contributed by atoms with E-state index in [9.17, 15) is 14.4 Å². The SMILES string of the molecule is Cc1ccc(SOCC2CCN(c3ccc(CN(C)C4CCC(=O)NC4=O)c(C=O)c3)CC2)cc1. The maximum atomic E-state index is 12.2. The smallest absolute Gasteiger partial charge is 0.243 e. The number of nitrogens with zero attached hydrogens (tertiary/aromatic N) is 2. The molecule has 0 saturated carbocycles. The van der Waals surface area contributed by atoms with Gasteiger partial charge in [-0.2, -0.15) is 0 Å². The first-order valence-electron chi connectivity index (χ1n) is 12.2. The average molecular weight is 496 g/mol. The molecule has 2 fully saturated rings. The number of aryl methyl sites for hydroxylation is 1. The van der Waals surface area contributed by atoms with E-state index >= 15 is 0 Å². The molecule has 1 atom stereocenters. The minimum absolute atomic E-state index is 0.224. The van der Waals surface area contributed by atoms with Crippen LogP contribution in [0.25, 0.3) is 0 Å². The molecule has 0 spiro atoms. The lowest BCUT2D eigenvalue weighted by molar-refractivity contribution is -0.137. The number of benzene rings is 2. The van der Waals surface area contributed by atoms with E-state index in [2.05, 4.69) is 47.5 Å². The molecule has 2 amide bonds. The van der Waals surface area contributed by atoms with E-state index < -0.39 is 0 Å². The van der Waals surface area contributed by atoms with Crippen LogP contribution in [0.2, 0.25) is 0 Å². The van der Waals surface area contributed by atoms with Gasteiger partial charge in [0.2, 0.25) is 11.8 Å². The summed E-state index contributed by atoms with van der Waals surface area (Å²) in [5, 5.41) is 2.40. The lowest BCUT2D eigenvalue weighted by Gasteiger charge is -2.34. The van der Waals surface area contributed by atoms with E-state index in [1.807, 2.05) is 24.1 Å². The molecule has 2 aliphatic heterocycles. The first-order chi connectivity index (χ1) is 16.9. The first-order valence-corrected chi connectivity index (χ1v) is 12.9. The van der Waals surface area contributed by atoms with Crippen LogP contribution in [0.3, 0.4) is 0 Å². The van der Waals surface area contributed by atoms with Crippen molar-refractivity contribution < 1.29 is 18.6 Å². The third-order valence-corrected chi connectivity index (χ3v) is 7.60. The number of nitrogens with one attached hydrogen (secondary N) is 1. The molecular weight excluding hydrogens is 462 g/mol. The quantitative estimate of drug-likeness (QED) is 0.320. The van der Waals surface area contributed by atoms with Crippen LogP contribution in [0.15, 0.2) is 47.4 Å². The molecule has 2 heterocycles. The highest BCUT2D eigenvalue weighted by molar-refractivity contribution is 7.94. The number of carbonyl (C=O) groups excluding carboxylic acids is 3. The summed E-state index contributed by atoms with van der Waals surface area (Å²) in [6.07, 6.45) is 3.82. The third-order valence-electron chi connectivity index (χ3n) is 6.88. The zero-order valence-corrected chi connectivity index (χ0v) is 21.2. The van der Waals surface area contributed by atoms with Crippen LogP contribution < -0.4 is 10.2 Å². The molecule has 0 aromatic heterocycles. The number of hydrogen-bond donors (Lipinski definition) is 1. The highest BCUT2D eigenvalue weighted by Gasteiger charge is 2.30. The van der Waals surface area contributed by atoms with Crippen LogP contribution in [-0.4, -0.2) is 55.8 Å². The molecule has 0 bridgehead atoms. The van der Waals surface area contributed by atoms with Crippen molar-refractivity contribution in [2.24, 2.45) is 5.92 Å². The summed E-state index contributed by atoms with van der Waals surface area (Å²) >= 11 is 1.44. The number of rotatable bonds is 9. The van der Waals surface area contributed by atoms with Crippen molar-refractivity contribution in [2.45, 2.75) is 50.1 Å². The van der Waals surface area contributed by atoms with Gasteiger partial charge in [0.05, 0.1) is 12.6 Å². The average Bonchev–Trinajstić information content (AvgIpc) is 2.86. The van der Waals surface area contributed by atoms with Crippen LogP contribution in [0.5, 0.6) is 0 Å². The van der Waals surface area contributed by atoms with Crippen molar-refractivity contribution >= 4 is 35.8 Å². The largest absolute Gasteiger partial charge is 0.371 e. The summed E-state index contributed by atoms with van der Waals surface area (Å²) < 4.78 is 5.89. The maximum absolute atomic E-state index is 12.2. The van der Waals surface area contributed by atoms with Crippen LogP contribution in [0.1, 0.15) is 47.2 Å². The fraction of sp³-hybridized carbons (Fsp3) is 0.444. The number of anilines is 1. The summed E-state index contributed by atoms with van der Waals surface area (Å²) in [6.45, 7) is 5.14. The van der Waals surface area contributed by atoms with Gasteiger partial charge in [-0.3, -0.25) is 24.6 Å². The van der Waals surface area contributed by atoms with Gasteiger partial charge in [0.1, 0.15) is 6.29 Å². The van der Waals surface area contributed by atoms with Crippen molar-refractivity contribution in [3.05, 3.63) is 59.2 Å². The van der Waals surface area contributed by atoms with Crippen molar-refractivity contribution in [1.29, 1.82) is 0 Å². The van der Waals surface area contributed by atoms with Gasteiger partial charge in [0, 0.05) is 54.2 Å². The number of hydrogen-bond acceptors (Lipinski definition) is 7. The van der Waals surface area contributed by atoms with E-state index in [1.165, 1.54) is 17.6 Å². The summed E-state index contributed by atoms with van der Waals surface area (Å²) in [5.74, 6) is 0.0336. The second-order valence-corrected chi connectivity index (χ2v) is 10.4. The number of carbonyl (C=O) groups is 3. The highest BCUT2D eigenvalue weighted by Crippen LogP contribution is 2.28. The molecule has 0 radical (unpaired) electrons. The van der Waals surface area contributed by atoms with Crippen LogP contribution >= 0.6 is 12.0 Å². The Morgan fingerprint density at radius 3 is 2.54 bits per heavy atom. The molecule has 4 rings (SSSR count). The first kappa shape index (κ1) is 25.4. The van der Waals surface area contributed by atoms with Gasteiger partial charge in [0.25, 0.3) is 0 Å². The molecule has 1 N–H and O–H groups in total. The zero-order chi connectivity index (χ0) is 24.8. The van der Waals surface area contributed by atoms with Crippen molar-refractivity contribution in [1.82, 2.24) is 10.2 Å². The minimum atomic E-state index is -0.364. The lowest BCUT2D eigenvalue weighted by atomic mass is 9.97. The fourth-order valence-electron chi connectivity index (χ4n) is 4.66. The standard InChI is InChI=1S/C27H33N3O4S/c1-19-3-7-24(8-4-19)35-34-18-20-11-13-30(14-12-20)23-6-5-21(22(15-23)17-31)16-29(2)25-9-10-26(32)28-27(25)33/h3-8,15,17,20,25H,9-14,16,18H2,1-2H3,(H,28,32,33). The van der Waals surface area contributed by atoms with Crippen LogP contribution in [-0.2, 0) is 20.3 Å². The second-order valence-electron chi connectivity index (χ2n) is 9.49. The van der Waals surface area contributed by atoms with E-state index in [0.717, 1.165) is 55.0 Å². The Hall–Kier alpha value is -2.68. The van der Waals surface area contributed by atoms with Gasteiger partial charge in [0.15, 0.2) is 0 Å². The molecule has 1 unspecified atom stereocenters. The van der Waals surface area contributed by atoms with Gasteiger partial charge in [-0.05, 0) is 69.0 Å². The normalized spacial score (nSPS) is 19.2. The Balaban J connectivity index is 1.28. The minimum Gasteiger partial charge on any atom is -0.371 e. The van der Waals surface area contributed by atoms with E-state index in [-0.39, 0.29) is 17.9 Å². The number of aldehydes is 1. The second kappa shape index (κ2) is 11.8. The molecule has 8 heteroatoms. The van der Waals surface area contributed by atoms with Gasteiger partial charge in [-0.1, -0.05) is 23.8 Å². The predicted molar refractivity (Wildman–Crippen MR) is 137 cm³/mol. The van der Waals surface area contributed by atoms with Crippen LogP contribution in [0.4, 0.5) is 5.69 Å². The van der Waals surface area contributed by atoms with E-state index in [1.54, 1.807) is 0 Å². The van der Waals surface area contributed by atoms with Gasteiger partial charge in [-0.15, -0.1) is 0 Å². The number of piperidine rings is 2. The Bertz CT molecular complexity index is 1050. The molecule has 0 aliphatic carbocycles. The van der Waals surface area contributed by atoms with Crippen molar-refractivity contribution in [3.63, 3.8) is 0 Å². The summed E-state index contributed by atoms with van der Waals surface area (Å²) in [7, 11) is 1.85. The summed E-state index contributed by atoms with van der Waals surface area (Å²) in [5.41, 5.74) is 3.82. The zero-order valence-electron chi connectivity index (χ0n) is 20.4. The van der Waals surface area contributed by atoms with Crippen molar-refractivity contribution in [2.75, 3.05) is 31.6 Å². The van der Waals surface area contributed by atoms with Gasteiger partial charge < -0.3 is 9.08 Å². The molecular formula is C27H33N3O4S. The molecule has 186 valence electrons. The molecule has 2 aromatic rings. The monoisotopic (exact) mass is 495 g/mol. The summed E-state index contributed by atoms with van der Waals surface area (Å²) in [4.78, 5) is 40.8. The highest BCUT2D eigenvalue weighted by atomic mass is 32.2. The van der Waals surface area contributed by atoms with Gasteiger partial charge >= 0.3 is 0 Å². The maximum Gasteiger partial charge on any atom is 0.243 e. The Kier molecular flexibility index (Phi) is 8.59. The third kappa shape index (κ3) is 6.72. The van der Waals surface area contributed by atoms with Crippen molar-refractivity contribution in [3.8, 4) is 0 Å². The molecule has 2 saturated heterocycles. The molecule has 35 heavy (non-hydrogen) atoms. The molecule has 7 nitrogen and oxygen atoms in total. The topological polar surface area (TPSA) is 79.0 Å². The van der Waals surface area contributed by atoms with E-state index in [0.29, 0.717) is 30.9 Å². The molecule has 2 aliphatic rings.